The first-order valence-electron chi connectivity index (χ1n) is 11.1. The van der Waals surface area contributed by atoms with Crippen molar-refractivity contribution in [2.45, 2.75) is 11.8 Å². The summed E-state index contributed by atoms with van der Waals surface area (Å²) in [6, 6.07) is 21.1. The number of carbonyl (C=O) groups excluding carboxylic acids is 2. The molecule has 1 heterocycles. The molecule has 190 valence electrons. The first-order valence-corrected chi connectivity index (χ1v) is 13.4. The van der Waals surface area contributed by atoms with E-state index >= 15 is 0 Å². The second-order valence-electron chi connectivity index (χ2n) is 7.60. The van der Waals surface area contributed by atoms with Crippen LogP contribution in [0.5, 0.6) is 5.75 Å². The normalized spacial score (nSPS) is 11.0. The van der Waals surface area contributed by atoms with Gasteiger partial charge in [0, 0.05) is 16.8 Å². The van der Waals surface area contributed by atoms with E-state index in [0.29, 0.717) is 17.0 Å². The topological polar surface area (TPSA) is 124 Å². The number of hydrogen-bond acceptors (Lipinski definition) is 8. The summed E-state index contributed by atoms with van der Waals surface area (Å²) in [5.41, 5.74) is 1.52. The van der Waals surface area contributed by atoms with Gasteiger partial charge in [0.2, 0.25) is 0 Å². The van der Waals surface area contributed by atoms with Crippen LogP contribution in [-0.2, 0) is 14.8 Å². The third-order valence-corrected chi connectivity index (χ3v) is 7.45. The maximum absolute atomic E-state index is 13.0. The number of nitrogens with one attached hydrogen (secondary N) is 2. The maximum atomic E-state index is 13.0. The Labute approximate surface area is 218 Å². The average molecular weight is 538 g/mol. The predicted octanol–water partition coefficient (Wildman–Crippen LogP) is 5.05. The second kappa shape index (κ2) is 11.2. The van der Waals surface area contributed by atoms with Crippen molar-refractivity contribution in [3.8, 4) is 17.0 Å². The van der Waals surface area contributed by atoms with Crippen LogP contribution in [0.3, 0.4) is 0 Å². The van der Waals surface area contributed by atoms with Crippen molar-refractivity contribution in [2.24, 2.45) is 0 Å². The van der Waals surface area contributed by atoms with Gasteiger partial charge >= 0.3 is 5.97 Å². The van der Waals surface area contributed by atoms with Crippen molar-refractivity contribution in [2.75, 3.05) is 23.8 Å². The number of methoxy groups -OCH3 is 1. The summed E-state index contributed by atoms with van der Waals surface area (Å²) in [5.74, 6) is -0.523. The highest BCUT2D eigenvalue weighted by Gasteiger charge is 2.22. The Kier molecular flexibility index (Phi) is 7.85. The fraction of sp³-hybridized carbons (Fsp3) is 0.115. The van der Waals surface area contributed by atoms with Crippen molar-refractivity contribution < 1.29 is 27.5 Å². The maximum Gasteiger partial charge on any atom is 0.350 e. The molecule has 0 aliphatic carbocycles. The van der Waals surface area contributed by atoms with Crippen LogP contribution in [-0.4, -0.2) is 39.0 Å². The lowest BCUT2D eigenvalue weighted by atomic mass is 10.1. The van der Waals surface area contributed by atoms with Gasteiger partial charge < -0.3 is 9.47 Å². The minimum Gasteiger partial charge on any atom is -0.497 e. The van der Waals surface area contributed by atoms with Crippen LogP contribution in [0.2, 0.25) is 0 Å². The zero-order valence-corrected chi connectivity index (χ0v) is 21.6. The SMILES string of the molecule is CCOC(=O)c1sc(NC(=O)c2cccc(NS(=O)(=O)c3ccc(OC)cc3)c2)nc1-c1ccccc1. The Morgan fingerprint density at radius 3 is 2.38 bits per heavy atom. The fourth-order valence-electron chi connectivity index (χ4n) is 3.36. The summed E-state index contributed by atoms with van der Waals surface area (Å²) >= 11 is 1.00. The van der Waals surface area contributed by atoms with Crippen molar-refractivity contribution in [3.05, 3.63) is 89.3 Å². The summed E-state index contributed by atoms with van der Waals surface area (Å²) in [6.07, 6.45) is 0. The summed E-state index contributed by atoms with van der Waals surface area (Å²) in [4.78, 5) is 30.2. The number of ether oxygens (including phenoxy) is 2. The molecule has 0 atom stereocenters. The Bertz CT molecular complexity index is 1520. The lowest BCUT2D eigenvalue weighted by Crippen LogP contribution is -2.15. The largest absolute Gasteiger partial charge is 0.497 e. The van der Waals surface area contributed by atoms with Crippen molar-refractivity contribution in [1.82, 2.24) is 4.98 Å². The van der Waals surface area contributed by atoms with E-state index in [9.17, 15) is 18.0 Å². The van der Waals surface area contributed by atoms with Crippen LogP contribution in [0, 0.1) is 0 Å². The summed E-state index contributed by atoms with van der Waals surface area (Å²) in [5, 5.41) is 2.89. The quantitative estimate of drug-likeness (QED) is 0.286. The van der Waals surface area contributed by atoms with Crippen LogP contribution in [0.1, 0.15) is 27.0 Å². The third kappa shape index (κ3) is 6.13. The van der Waals surface area contributed by atoms with E-state index in [4.69, 9.17) is 9.47 Å². The highest BCUT2D eigenvalue weighted by atomic mass is 32.2. The zero-order valence-electron chi connectivity index (χ0n) is 19.9. The number of sulfonamides is 1. The number of aromatic nitrogens is 1. The molecule has 4 rings (SSSR count). The third-order valence-electron chi connectivity index (χ3n) is 5.10. The van der Waals surface area contributed by atoms with Crippen molar-refractivity contribution in [1.29, 1.82) is 0 Å². The first kappa shape index (κ1) is 25.9. The molecule has 1 amide bonds. The molecule has 0 aliphatic heterocycles. The first-order chi connectivity index (χ1) is 17.8. The molecule has 0 spiro atoms. The van der Waals surface area contributed by atoms with Crippen LogP contribution in [0.25, 0.3) is 11.3 Å². The number of esters is 1. The van der Waals surface area contributed by atoms with Gasteiger partial charge in [0.05, 0.1) is 24.3 Å². The van der Waals surface area contributed by atoms with Gasteiger partial charge in [-0.15, -0.1) is 0 Å². The van der Waals surface area contributed by atoms with E-state index in [1.54, 1.807) is 31.2 Å². The van der Waals surface area contributed by atoms with E-state index in [1.165, 1.54) is 31.4 Å². The molecule has 0 saturated heterocycles. The monoisotopic (exact) mass is 537 g/mol. The molecule has 1 aromatic heterocycles. The average Bonchev–Trinajstić information content (AvgIpc) is 3.33. The molecule has 0 fully saturated rings. The smallest absolute Gasteiger partial charge is 0.350 e. The lowest BCUT2D eigenvalue weighted by Gasteiger charge is -2.10. The van der Waals surface area contributed by atoms with Gasteiger partial charge in [-0.05, 0) is 49.4 Å². The van der Waals surface area contributed by atoms with E-state index < -0.39 is 21.9 Å². The molecule has 9 nitrogen and oxygen atoms in total. The van der Waals surface area contributed by atoms with E-state index in [1.807, 2.05) is 30.3 Å². The number of anilines is 2. The molecule has 37 heavy (non-hydrogen) atoms. The van der Waals surface area contributed by atoms with Crippen LogP contribution >= 0.6 is 11.3 Å². The highest BCUT2D eigenvalue weighted by molar-refractivity contribution is 7.92. The van der Waals surface area contributed by atoms with Gasteiger partial charge in [-0.3, -0.25) is 14.8 Å². The van der Waals surface area contributed by atoms with Gasteiger partial charge in [-0.1, -0.05) is 47.7 Å². The number of nitrogens with zero attached hydrogens (tertiary/aromatic N) is 1. The van der Waals surface area contributed by atoms with Crippen LogP contribution < -0.4 is 14.8 Å². The van der Waals surface area contributed by atoms with Gasteiger partial charge in [-0.2, -0.15) is 0 Å². The number of rotatable bonds is 9. The predicted molar refractivity (Wildman–Crippen MR) is 142 cm³/mol. The lowest BCUT2D eigenvalue weighted by molar-refractivity contribution is 0.0532. The molecular weight excluding hydrogens is 514 g/mol. The Balaban J connectivity index is 1.55. The molecule has 0 bridgehead atoms. The summed E-state index contributed by atoms with van der Waals surface area (Å²) < 4.78 is 38.2. The molecule has 11 heteroatoms. The Hall–Kier alpha value is -4.22. The molecule has 0 aliphatic rings. The number of hydrogen-bond donors (Lipinski definition) is 2. The molecule has 0 unspecified atom stereocenters. The highest BCUT2D eigenvalue weighted by Crippen LogP contribution is 2.32. The number of amides is 1. The molecule has 3 aromatic carbocycles. The standard InChI is InChI=1S/C26H23N3O6S2/c1-3-35-25(31)23-22(17-8-5-4-6-9-17)27-26(36-23)28-24(30)18-10-7-11-19(16-18)29-37(32,33)21-14-12-20(34-2)13-15-21/h4-16,29H,3H2,1-2H3,(H,27,28,30). The number of carbonyl (C=O) groups is 2. The Morgan fingerprint density at radius 1 is 0.973 bits per heavy atom. The summed E-state index contributed by atoms with van der Waals surface area (Å²) in [6.45, 7) is 1.91. The molecule has 0 saturated carbocycles. The molecular formula is C26H23N3O6S2. The van der Waals surface area contributed by atoms with Crippen LogP contribution in [0.15, 0.2) is 83.8 Å². The van der Waals surface area contributed by atoms with Gasteiger partial charge in [0.25, 0.3) is 15.9 Å². The number of benzene rings is 3. The second-order valence-corrected chi connectivity index (χ2v) is 10.3. The van der Waals surface area contributed by atoms with E-state index in [0.717, 1.165) is 11.3 Å². The van der Waals surface area contributed by atoms with E-state index in [2.05, 4.69) is 15.0 Å². The van der Waals surface area contributed by atoms with Gasteiger partial charge in [0.15, 0.2) is 5.13 Å². The molecule has 4 aromatic rings. The fourth-order valence-corrected chi connectivity index (χ4v) is 5.29. The van der Waals surface area contributed by atoms with Crippen molar-refractivity contribution in [3.63, 3.8) is 0 Å². The summed E-state index contributed by atoms with van der Waals surface area (Å²) in [7, 11) is -2.40. The van der Waals surface area contributed by atoms with E-state index in [-0.39, 0.29) is 32.8 Å². The van der Waals surface area contributed by atoms with Gasteiger partial charge in [-0.25, -0.2) is 18.2 Å². The Morgan fingerprint density at radius 2 is 1.70 bits per heavy atom. The molecule has 0 radical (unpaired) electrons. The van der Waals surface area contributed by atoms with Crippen LogP contribution in [0.4, 0.5) is 10.8 Å². The minimum atomic E-state index is -3.89. The van der Waals surface area contributed by atoms with Crippen molar-refractivity contribution >= 4 is 44.1 Å². The minimum absolute atomic E-state index is 0.0471. The molecule has 2 N–H and O–H groups in total. The zero-order chi connectivity index (χ0) is 26.4. The number of thiazole rings is 1. The van der Waals surface area contributed by atoms with Gasteiger partial charge in [0.1, 0.15) is 10.6 Å².